The summed E-state index contributed by atoms with van der Waals surface area (Å²) in [6.07, 6.45) is 2.04. The second kappa shape index (κ2) is 19.5. The summed E-state index contributed by atoms with van der Waals surface area (Å²) in [5.74, 6) is 0.477. The molecule has 5 aromatic rings. The van der Waals surface area contributed by atoms with E-state index in [1.807, 2.05) is 109 Å². The fraction of sp³-hybridized carbons (Fsp3) is 0.211. The van der Waals surface area contributed by atoms with Gasteiger partial charge in [0.2, 0.25) is 0 Å². The van der Waals surface area contributed by atoms with Gasteiger partial charge in [-0.25, -0.2) is 0 Å². The number of rotatable bonds is 4. The molecular weight excluding hydrogens is 590 g/mol. The molecule has 0 fully saturated rings. The number of aryl methyl sites for hydroxylation is 3. The Kier molecular flexibility index (Phi) is 16.9. The molecule has 0 aliphatic heterocycles. The molecule has 0 spiro atoms. The van der Waals surface area contributed by atoms with Gasteiger partial charge in [0.25, 0.3) is 0 Å². The zero-order valence-corrected chi connectivity index (χ0v) is 28.5. The van der Waals surface area contributed by atoms with Crippen LogP contribution in [0, 0.1) is 34.6 Å². The number of hydrogen-bond acceptors (Lipinski definition) is 1. The van der Waals surface area contributed by atoms with Gasteiger partial charge in [0.1, 0.15) is 0 Å². The van der Waals surface area contributed by atoms with Crippen molar-refractivity contribution in [2.24, 2.45) is 7.05 Å². The molecule has 3 nitrogen and oxygen atoms in total. The minimum Gasteiger partial charge on any atom is -0.677 e. The van der Waals surface area contributed by atoms with Gasteiger partial charge in [-0.15, -0.1) is 42.1 Å². The van der Waals surface area contributed by atoms with Crippen LogP contribution in [0.1, 0.15) is 71.8 Å². The van der Waals surface area contributed by atoms with Gasteiger partial charge in [-0.3, -0.25) is 4.68 Å². The molecule has 0 saturated heterocycles. The van der Waals surface area contributed by atoms with E-state index in [0.29, 0.717) is 5.92 Å². The number of benzene rings is 4. The first-order valence-electron chi connectivity index (χ1n) is 14.0. The third-order valence-corrected chi connectivity index (χ3v) is 6.19. The minimum absolute atomic E-state index is 0. The summed E-state index contributed by atoms with van der Waals surface area (Å²) < 4.78 is 1.86. The van der Waals surface area contributed by atoms with E-state index in [0.717, 1.165) is 28.1 Å². The zero-order valence-electron chi connectivity index (χ0n) is 26.1. The second-order valence-electron chi connectivity index (χ2n) is 10.3. The number of para-hydroxylation sites is 1. The maximum absolute atomic E-state index is 4.95. The molecule has 1 heterocycles. The summed E-state index contributed by atoms with van der Waals surface area (Å²) in [5, 5.41) is 9.48. The molecular formula is C38H45N3Zr-. The average molecular weight is 635 g/mol. The predicted molar refractivity (Wildman–Crippen MR) is 177 cm³/mol. The zero-order chi connectivity index (χ0) is 30.2. The Bertz CT molecular complexity index is 1310. The van der Waals surface area contributed by atoms with Crippen LogP contribution in [0.2, 0.25) is 0 Å². The van der Waals surface area contributed by atoms with E-state index >= 15 is 0 Å². The Morgan fingerprint density at radius 2 is 1.05 bits per heavy atom. The maximum atomic E-state index is 4.95. The SMILES string of the molecule is Cc1cn(C)nc1C(C)[N-]c1c(C)cccc1C(C)C.[CH2-]c1ccccc1.[CH2-]c1ccccc1.[CH2-]c1ccccc1.[Zr+3]. The van der Waals surface area contributed by atoms with Gasteiger partial charge in [0, 0.05) is 13.2 Å². The third kappa shape index (κ3) is 13.4. The molecule has 4 heteroatoms. The summed E-state index contributed by atoms with van der Waals surface area (Å²) in [6.45, 7) is 21.9. The van der Waals surface area contributed by atoms with Gasteiger partial charge in [-0.05, 0) is 25.3 Å². The van der Waals surface area contributed by atoms with Crippen LogP contribution < -0.4 is 0 Å². The van der Waals surface area contributed by atoms with Gasteiger partial charge >= 0.3 is 26.2 Å². The van der Waals surface area contributed by atoms with Crippen LogP contribution in [0.4, 0.5) is 5.69 Å². The molecule has 0 bridgehead atoms. The number of hydrogen-bond donors (Lipinski definition) is 0. The monoisotopic (exact) mass is 633 g/mol. The van der Waals surface area contributed by atoms with Gasteiger partial charge < -0.3 is 5.32 Å². The molecule has 1 aromatic heterocycles. The quantitative estimate of drug-likeness (QED) is 0.181. The molecule has 4 aromatic carbocycles. The molecule has 217 valence electrons. The summed E-state index contributed by atoms with van der Waals surface area (Å²) in [5.41, 5.74) is 9.14. The van der Waals surface area contributed by atoms with Crippen LogP contribution in [0.25, 0.3) is 5.32 Å². The molecule has 0 saturated carbocycles. The Hall–Kier alpha value is -3.62. The normalized spacial score (nSPS) is 10.4. The van der Waals surface area contributed by atoms with Gasteiger partial charge in [0.05, 0.1) is 5.69 Å². The Balaban J connectivity index is 0.000000326. The van der Waals surface area contributed by atoms with Crippen molar-refractivity contribution in [3.8, 4) is 0 Å². The topological polar surface area (TPSA) is 31.9 Å². The summed E-state index contributed by atoms with van der Waals surface area (Å²) >= 11 is 0. The molecule has 1 radical (unpaired) electrons. The standard InChI is InChI=1S/C17H24N3.3C7H7.Zr/c1-11(2)15-9-7-8-12(3)17(15)18-14(5)16-13(4)10-20(6)19-16;3*1-7-5-3-2-4-6-7;/h7-11,14H,1-6H3;3*2-6H,1H2;/q4*-1;+3. The van der Waals surface area contributed by atoms with Crippen LogP contribution in [0.3, 0.4) is 0 Å². The third-order valence-electron chi connectivity index (χ3n) is 6.19. The van der Waals surface area contributed by atoms with E-state index in [2.05, 4.69) is 78.7 Å². The molecule has 0 amide bonds. The van der Waals surface area contributed by atoms with E-state index in [1.54, 1.807) is 0 Å². The first kappa shape index (κ1) is 36.4. The van der Waals surface area contributed by atoms with E-state index in [9.17, 15) is 0 Å². The Labute approximate surface area is 274 Å². The molecule has 1 atom stereocenters. The van der Waals surface area contributed by atoms with Crippen molar-refractivity contribution in [2.75, 3.05) is 0 Å². The van der Waals surface area contributed by atoms with Gasteiger partial charge in [0.15, 0.2) is 0 Å². The Morgan fingerprint density at radius 1 is 0.619 bits per heavy atom. The maximum Gasteiger partial charge on any atom is 3.00 e. The van der Waals surface area contributed by atoms with Crippen LogP contribution in [0.15, 0.2) is 115 Å². The van der Waals surface area contributed by atoms with Crippen LogP contribution >= 0.6 is 0 Å². The van der Waals surface area contributed by atoms with E-state index in [4.69, 9.17) is 5.32 Å². The molecule has 1 unspecified atom stereocenters. The average Bonchev–Trinajstić information content (AvgIpc) is 3.30. The summed E-state index contributed by atoms with van der Waals surface area (Å²) in [7, 11) is 1.95. The van der Waals surface area contributed by atoms with Crippen LogP contribution in [-0.4, -0.2) is 9.78 Å². The predicted octanol–water partition coefficient (Wildman–Crippen LogP) is 10.5. The first-order chi connectivity index (χ1) is 19.6. The van der Waals surface area contributed by atoms with E-state index < -0.39 is 0 Å². The van der Waals surface area contributed by atoms with Crippen LogP contribution in [0.5, 0.6) is 0 Å². The van der Waals surface area contributed by atoms with Crippen molar-refractivity contribution in [2.45, 2.75) is 46.6 Å². The summed E-state index contributed by atoms with van der Waals surface area (Å²) in [6, 6.07) is 36.1. The number of nitrogens with zero attached hydrogens (tertiary/aromatic N) is 3. The molecule has 42 heavy (non-hydrogen) atoms. The van der Waals surface area contributed by atoms with Gasteiger partial charge in [-0.1, -0.05) is 74.3 Å². The van der Waals surface area contributed by atoms with Crippen molar-refractivity contribution < 1.29 is 26.2 Å². The Morgan fingerprint density at radius 3 is 1.36 bits per heavy atom. The van der Waals surface area contributed by atoms with Crippen molar-refractivity contribution >= 4 is 5.69 Å². The molecule has 0 N–H and O–H groups in total. The molecule has 0 aliphatic rings. The van der Waals surface area contributed by atoms with E-state index in [-0.39, 0.29) is 32.2 Å². The van der Waals surface area contributed by atoms with Crippen molar-refractivity contribution in [1.82, 2.24) is 9.78 Å². The number of aromatic nitrogens is 2. The van der Waals surface area contributed by atoms with Crippen LogP contribution in [-0.2, 0) is 33.3 Å². The first-order valence-corrected chi connectivity index (χ1v) is 14.0. The summed E-state index contributed by atoms with van der Waals surface area (Å²) in [4.78, 5) is 0. The van der Waals surface area contributed by atoms with Crippen molar-refractivity contribution in [3.63, 3.8) is 0 Å². The van der Waals surface area contributed by atoms with Crippen molar-refractivity contribution in [3.05, 3.63) is 181 Å². The van der Waals surface area contributed by atoms with E-state index in [1.165, 1.54) is 16.7 Å². The smallest absolute Gasteiger partial charge is 0.677 e. The molecule has 0 aliphatic carbocycles. The largest absolute Gasteiger partial charge is 3.00 e. The van der Waals surface area contributed by atoms with Crippen molar-refractivity contribution in [1.29, 1.82) is 0 Å². The minimum atomic E-state index is 0. The second-order valence-corrected chi connectivity index (χ2v) is 10.3. The van der Waals surface area contributed by atoms with Gasteiger partial charge in [-0.2, -0.15) is 79.0 Å². The fourth-order valence-electron chi connectivity index (χ4n) is 4.05. The molecule has 5 rings (SSSR count). The fourth-order valence-corrected chi connectivity index (χ4v) is 4.05.